The number of nitrogens with two attached hydrogens (primary N) is 1. The Morgan fingerprint density at radius 1 is 1.46 bits per heavy atom. The van der Waals surface area contributed by atoms with Crippen LogP contribution in [0.3, 0.4) is 0 Å². The number of hydrogen-bond acceptors (Lipinski definition) is 2. The first-order chi connectivity index (χ1) is 6.11. The van der Waals surface area contributed by atoms with Gasteiger partial charge in [0.05, 0.1) is 18.5 Å². The Morgan fingerprint density at radius 2 is 2.15 bits per heavy atom. The van der Waals surface area contributed by atoms with Crippen LogP contribution in [-0.2, 0) is 4.74 Å². The summed E-state index contributed by atoms with van der Waals surface area (Å²) < 4.78 is 5.31. The quantitative estimate of drug-likeness (QED) is 0.532. The fraction of sp³-hybridized carbons (Fsp3) is 0.900. The molecule has 2 unspecified atom stereocenters. The summed E-state index contributed by atoms with van der Waals surface area (Å²) in [6.07, 6.45) is 1.12. The fourth-order valence-electron chi connectivity index (χ4n) is 1.42. The molecule has 76 valence electrons. The van der Waals surface area contributed by atoms with Crippen molar-refractivity contribution in [2.75, 3.05) is 13.2 Å². The molecule has 1 rings (SSSR count). The molecule has 13 heavy (non-hydrogen) atoms. The third kappa shape index (κ3) is 2.99. The van der Waals surface area contributed by atoms with Gasteiger partial charge in [0.1, 0.15) is 0 Å². The van der Waals surface area contributed by atoms with Crippen molar-refractivity contribution >= 4 is 5.84 Å². The minimum Gasteiger partial charge on any atom is -0.387 e. The van der Waals surface area contributed by atoms with Crippen LogP contribution >= 0.6 is 0 Å². The highest BCUT2D eigenvalue weighted by Crippen LogP contribution is 2.19. The van der Waals surface area contributed by atoms with Gasteiger partial charge in [-0.15, -0.1) is 0 Å². The average Bonchev–Trinajstić information content (AvgIpc) is 2.55. The normalized spacial score (nSPS) is 26.8. The molecule has 1 aliphatic rings. The molecule has 0 amide bonds. The fourth-order valence-corrected chi connectivity index (χ4v) is 1.42. The third-order valence-corrected chi connectivity index (χ3v) is 2.59. The highest BCUT2D eigenvalue weighted by molar-refractivity contribution is 5.82. The van der Waals surface area contributed by atoms with Gasteiger partial charge >= 0.3 is 0 Å². The van der Waals surface area contributed by atoms with Gasteiger partial charge in [-0.05, 0) is 13.3 Å². The van der Waals surface area contributed by atoms with Crippen LogP contribution in [0.1, 0.15) is 27.2 Å². The lowest BCUT2D eigenvalue weighted by Crippen LogP contribution is -2.24. The molecule has 0 aromatic heterocycles. The molecule has 3 nitrogen and oxygen atoms in total. The van der Waals surface area contributed by atoms with Crippen molar-refractivity contribution in [1.29, 1.82) is 0 Å². The second-order valence-corrected chi connectivity index (χ2v) is 4.07. The standard InChI is InChI=1S/C10H20N2O/c1-7(2)10(11)12-8(3)9-4-5-13-6-9/h7-9H,4-6H2,1-3H3,(H2,11,12). The lowest BCUT2D eigenvalue weighted by Gasteiger charge is -2.15. The molecular formula is C10H20N2O. The Balaban J connectivity index is 2.47. The van der Waals surface area contributed by atoms with Gasteiger partial charge in [0.25, 0.3) is 0 Å². The molecule has 1 fully saturated rings. The largest absolute Gasteiger partial charge is 0.387 e. The Bertz CT molecular complexity index is 183. The van der Waals surface area contributed by atoms with Crippen molar-refractivity contribution in [2.24, 2.45) is 22.6 Å². The first-order valence-electron chi connectivity index (χ1n) is 5.02. The van der Waals surface area contributed by atoms with Crippen LogP contribution in [0.15, 0.2) is 4.99 Å². The molecule has 0 radical (unpaired) electrons. The van der Waals surface area contributed by atoms with Gasteiger partial charge in [-0.1, -0.05) is 13.8 Å². The zero-order valence-electron chi connectivity index (χ0n) is 8.79. The van der Waals surface area contributed by atoms with Crippen molar-refractivity contribution in [2.45, 2.75) is 33.2 Å². The van der Waals surface area contributed by atoms with E-state index in [-0.39, 0.29) is 0 Å². The number of hydrogen-bond donors (Lipinski definition) is 1. The van der Waals surface area contributed by atoms with Gasteiger partial charge in [-0.3, -0.25) is 4.99 Å². The summed E-state index contributed by atoms with van der Waals surface area (Å²) in [5.41, 5.74) is 5.79. The molecular weight excluding hydrogens is 164 g/mol. The van der Waals surface area contributed by atoms with Crippen molar-refractivity contribution in [3.8, 4) is 0 Å². The van der Waals surface area contributed by atoms with Gasteiger partial charge in [0.15, 0.2) is 0 Å². The molecule has 0 spiro atoms. The molecule has 1 heterocycles. The van der Waals surface area contributed by atoms with Crippen LogP contribution in [0.5, 0.6) is 0 Å². The first-order valence-corrected chi connectivity index (χ1v) is 5.02. The zero-order valence-corrected chi connectivity index (χ0v) is 8.79. The van der Waals surface area contributed by atoms with E-state index in [0.29, 0.717) is 17.9 Å². The Kier molecular flexibility index (Phi) is 3.72. The van der Waals surface area contributed by atoms with Crippen molar-refractivity contribution in [1.82, 2.24) is 0 Å². The lowest BCUT2D eigenvalue weighted by atomic mass is 10.0. The van der Waals surface area contributed by atoms with Crippen LogP contribution in [0.4, 0.5) is 0 Å². The number of amidine groups is 1. The maximum atomic E-state index is 5.79. The van der Waals surface area contributed by atoms with E-state index in [0.717, 1.165) is 25.5 Å². The highest BCUT2D eigenvalue weighted by atomic mass is 16.5. The Morgan fingerprint density at radius 3 is 2.62 bits per heavy atom. The molecule has 0 aromatic carbocycles. The van der Waals surface area contributed by atoms with E-state index in [1.54, 1.807) is 0 Å². The topological polar surface area (TPSA) is 47.6 Å². The van der Waals surface area contributed by atoms with Crippen LogP contribution in [0.2, 0.25) is 0 Å². The van der Waals surface area contributed by atoms with E-state index in [1.807, 2.05) is 0 Å². The third-order valence-electron chi connectivity index (χ3n) is 2.59. The van der Waals surface area contributed by atoms with Crippen LogP contribution in [0.25, 0.3) is 0 Å². The molecule has 1 aliphatic heterocycles. The number of rotatable bonds is 3. The summed E-state index contributed by atoms with van der Waals surface area (Å²) in [4.78, 5) is 4.47. The Hall–Kier alpha value is -0.570. The molecule has 0 aliphatic carbocycles. The molecule has 2 atom stereocenters. The summed E-state index contributed by atoms with van der Waals surface area (Å²) in [5, 5.41) is 0. The minimum absolute atomic E-state index is 0.310. The molecule has 1 saturated heterocycles. The van der Waals surface area contributed by atoms with Gasteiger partial charge in [-0.2, -0.15) is 0 Å². The summed E-state index contributed by atoms with van der Waals surface area (Å²) in [6.45, 7) is 7.98. The predicted octanol–water partition coefficient (Wildman–Crippen LogP) is 1.42. The van der Waals surface area contributed by atoms with E-state index in [9.17, 15) is 0 Å². The van der Waals surface area contributed by atoms with Gasteiger partial charge in [-0.25, -0.2) is 0 Å². The lowest BCUT2D eigenvalue weighted by molar-refractivity contribution is 0.182. The Labute approximate surface area is 80.4 Å². The second kappa shape index (κ2) is 4.61. The van der Waals surface area contributed by atoms with Crippen LogP contribution in [-0.4, -0.2) is 25.1 Å². The maximum Gasteiger partial charge on any atom is 0.0966 e. The molecule has 0 aromatic rings. The first kappa shape index (κ1) is 10.5. The van der Waals surface area contributed by atoms with Crippen molar-refractivity contribution in [3.63, 3.8) is 0 Å². The van der Waals surface area contributed by atoms with E-state index in [4.69, 9.17) is 10.5 Å². The number of aliphatic imine (C=N–C) groups is 1. The average molecular weight is 184 g/mol. The summed E-state index contributed by atoms with van der Waals surface area (Å²) >= 11 is 0. The summed E-state index contributed by atoms with van der Waals surface area (Å²) in [6, 6.07) is 0.310. The predicted molar refractivity (Wildman–Crippen MR) is 54.8 cm³/mol. The van der Waals surface area contributed by atoms with Crippen molar-refractivity contribution in [3.05, 3.63) is 0 Å². The highest BCUT2D eigenvalue weighted by Gasteiger charge is 2.22. The molecule has 0 bridgehead atoms. The molecule has 3 heteroatoms. The minimum atomic E-state index is 0.310. The summed E-state index contributed by atoms with van der Waals surface area (Å²) in [7, 11) is 0. The summed E-state index contributed by atoms with van der Waals surface area (Å²) in [5.74, 6) is 1.68. The van der Waals surface area contributed by atoms with Crippen LogP contribution < -0.4 is 5.73 Å². The van der Waals surface area contributed by atoms with E-state index in [2.05, 4.69) is 25.8 Å². The van der Waals surface area contributed by atoms with Gasteiger partial charge in [0.2, 0.25) is 0 Å². The van der Waals surface area contributed by atoms with Crippen molar-refractivity contribution < 1.29 is 4.74 Å². The molecule has 2 N–H and O–H groups in total. The second-order valence-electron chi connectivity index (χ2n) is 4.07. The van der Waals surface area contributed by atoms with Gasteiger partial charge < -0.3 is 10.5 Å². The van der Waals surface area contributed by atoms with Crippen LogP contribution in [0, 0.1) is 11.8 Å². The van der Waals surface area contributed by atoms with Gasteiger partial charge in [0, 0.05) is 18.4 Å². The smallest absolute Gasteiger partial charge is 0.0966 e. The van der Waals surface area contributed by atoms with E-state index >= 15 is 0 Å². The van der Waals surface area contributed by atoms with E-state index < -0.39 is 0 Å². The number of ether oxygens (including phenoxy) is 1. The SMILES string of the molecule is CC(C)C(N)=NC(C)C1CCOC1. The number of nitrogens with zero attached hydrogens (tertiary/aromatic N) is 1. The maximum absolute atomic E-state index is 5.79. The molecule has 0 saturated carbocycles. The zero-order chi connectivity index (χ0) is 9.84. The monoisotopic (exact) mass is 184 g/mol. The van der Waals surface area contributed by atoms with E-state index in [1.165, 1.54) is 0 Å².